The molecule has 1 atom stereocenters. The van der Waals surface area contributed by atoms with Crippen LogP contribution in [0, 0.1) is 0 Å². The van der Waals surface area contributed by atoms with E-state index in [-0.39, 0.29) is 5.91 Å². The topological polar surface area (TPSA) is 55.3 Å². The molecule has 5 heteroatoms. The summed E-state index contributed by atoms with van der Waals surface area (Å²) < 4.78 is 5.81. The Morgan fingerprint density at radius 2 is 1.81 bits per heavy atom. The number of carbonyl (C=O) groups excluding carboxylic acids is 1. The summed E-state index contributed by atoms with van der Waals surface area (Å²) in [5, 5.41) is 0. The van der Waals surface area contributed by atoms with Crippen LogP contribution in [0.1, 0.15) is 26.7 Å². The number of rotatable bonds is 7. The lowest BCUT2D eigenvalue weighted by Crippen LogP contribution is -2.38. The molecule has 0 radical (unpaired) electrons. The predicted molar refractivity (Wildman–Crippen MR) is 108 cm³/mol. The maximum atomic E-state index is 12.3. The molecule has 0 spiro atoms. The Labute approximate surface area is 160 Å². The highest BCUT2D eigenvalue weighted by Crippen LogP contribution is 2.22. The third kappa shape index (κ3) is 4.61. The average molecular weight is 363 g/mol. The number of unbranched alkanes of at least 4 members (excludes halogenated alkanes) is 1. The summed E-state index contributed by atoms with van der Waals surface area (Å²) in [4.78, 5) is 23.2. The number of ether oxygens (including phenoxy) is 1. The molecular weight excluding hydrogens is 338 g/mol. The Hall–Kier alpha value is -2.95. The van der Waals surface area contributed by atoms with Crippen molar-refractivity contribution in [3.63, 3.8) is 0 Å². The first kappa shape index (κ1) is 18.8. The van der Waals surface area contributed by atoms with Gasteiger partial charge in [0.15, 0.2) is 6.10 Å². The van der Waals surface area contributed by atoms with Crippen molar-refractivity contribution in [2.75, 3.05) is 13.6 Å². The number of benzene rings is 2. The van der Waals surface area contributed by atoms with Crippen molar-refractivity contribution < 1.29 is 9.53 Å². The van der Waals surface area contributed by atoms with E-state index in [1.165, 1.54) is 0 Å². The molecule has 3 rings (SSSR count). The van der Waals surface area contributed by atoms with Gasteiger partial charge in [-0.05, 0) is 49.7 Å². The molecular formula is C22H25N3O2. The Kier molecular flexibility index (Phi) is 6.01. The van der Waals surface area contributed by atoms with Gasteiger partial charge < -0.3 is 9.64 Å². The Morgan fingerprint density at radius 3 is 2.52 bits per heavy atom. The minimum Gasteiger partial charge on any atom is -0.481 e. The van der Waals surface area contributed by atoms with E-state index in [1.807, 2.05) is 55.6 Å². The number of nitrogens with zero attached hydrogens (tertiary/aromatic N) is 3. The molecule has 0 aliphatic rings. The molecule has 1 aromatic heterocycles. The largest absolute Gasteiger partial charge is 0.481 e. The second-order valence-electron chi connectivity index (χ2n) is 6.64. The summed E-state index contributed by atoms with van der Waals surface area (Å²) >= 11 is 0. The minimum absolute atomic E-state index is 0.00655. The maximum absolute atomic E-state index is 12.3. The van der Waals surface area contributed by atoms with Crippen LogP contribution in [-0.2, 0) is 4.79 Å². The number of para-hydroxylation sites is 2. The first-order chi connectivity index (χ1) is 13.1. The number of amides is 1. The van der Waals surface area contributed by atoms with E-state index in [4.69, 9.17) is 4.74 Å². The zero-order valence-corrected chi connectivity index (χ0v) is 16.1. The van der Waals surface area contributed by atoms with Crippen molar-refractivity contribution in [1.29, 1.82) is 0 Å². The van der Waals surface area contributed by atoms with Gasteiger partial charge in [-0.25, -0.2) is 4.98 Å². The van der Waals surface area contributed by atoms with Crippen molar-refractivity contribution in [3.05, 3.63) is 54.7 Å². The van der Waals surface area contributed by atoms with Crippen LogP contribution < -0.4 is 4.74 Å². The monoisotopic (exact) mass is 363 g/mol. The van der Waals surface area contributed by atoms with Gasteiger partial charge in [-0.1, -0.05) is 25.5 Å². The second kappa shape index (κ2) is 8.62. The fourth-order valence-electron chi connectivity index (χ4n) is 2.87. The molecule has 0 fully saturated rings. The van der Waals surface area contributed by atoms with Crippen LogP contribution in [0.25, 0.3) is 22.3 Å². The highest BCUT2D eigenvalue weighted by atomic mass is 16.5. The molecule has 0 bridgehead atoms. The van der Waals surface area contributed by atoms with E-state index in [2.05, 4.69) is 16.9 Å². The molecule has 0 N–H and O–H groups in total. The number of aromatic nitrogens is 2. The van der Waals surface area contributed by atoms with E-state index in [0.29, 0.717) is 5.75 Å². The van der Waals surface area contributed by atoms with E-state index in [0.717, 1.165) is 41.7 Å². The van der Waals surface area contributed by atoms with Gasteiger partial charge in [0.05, 0.1) is 22.9 Å². The number of likely N-dealkylation sites (N-methyl/N-ethyl adjacent to an activating group) is 1. The molecule has 1 heterocycles. The van der Waals surface area contributed by atoms with E-state index >= 15 is 0 Å². The lowest BCUT2D eigenvalue weighted by Gasteiger charge is -2.22. The summed E-state index contributed by atoms with van der Waals surface area (Å²) in [5.74, 6) is 0.658. The van der Waals surface area contributed by atoms with Crippen molar-refractivity contribution in [1.82, 2.24) is 14.9 Å². The van der Waals surface area contributed by atoms with Gasteiger partial charge >= 0.3 is 0 Å². The quantitative estimate of drug-likeness (QED) is 0.627. The lowest BCUT2D eigenvalue weighted by molar-refractivity contribution is -0.136. The molecule has 5 nitrogen and oxygen atoms in total. The Balaban J connectivity index is 1.68. The van der Waals surface area contributed by atoms with E-state index in [9.17, 15) is 4.79 Å². The molecule has 0 saturated heterocycles. The van der Waals surface area contributed by atoms with Crippen molar-refractivity contribution in [2.45, 2.75) is 32.8 Å². The predicted octanol–water partition coefficient (Wildman–Crippen LogP) is 4.32. The van der Waals surface area contributed by atoms with Crippen LogP contribution in [-0.4, -0.2) is 40.5 Å². The highest BCUT2D eigenvalue weighted by Gasteiger charge is 2.18. The van der Waals surface area contributed by atoms with Gasteiger partial charge in [0.25, 0.3) is 5.91 Å². The summed E-state index contributed by atoms with van der Waals surface area (Å²) in [5.41, 5.74) is 3.51. The third-order valence-electron chi connectivity index (χ3n) is 4.48. The van der Waals surface area contributed by atoms with Gasteiger partial charge in [0.2, 0.25) is 0 Å². The third-order valence-corrected chi connectivity index (χ3v) is 4.48. The number of hydrogen-bond donors (Lipinski definition) is 0. The van der Waals surface area contributed by atoms with Crippen LogP contribution in [0.4, 0.5) is 0 Å². The van der Waals surface area contributed by atoms with Crippen LogP contribution in [0.3, 0.4) is 0 Å². The normalized spacial score (nSPS) is 12.0. The van der Waals surface area contributed by atoms with Crippen molar-refractivity contribution in [2.24, 2.45) is 0 Å². The minimum atomic E-state index is -0.516. The van der Waals surface area contributed by atoms with Gasteiger partial charge in [0, 0.05) is 19.2 Å². The van der Waals surface area contributed by atoms with Crippen molar-refractivity contribution >= 4 is 16.9 Å². The molecule has 0 saturated carbocycles. The molecule has 27 heavy (non-hydrogen) atoms. The molecule has 0 aliphatic carbocycles. The van der Waals surface area contributed by atoms with Gasteiger partial charge in [-0.15, -0.1) is 0 Å². The van der Waals surface area contributed by atoms with Crippen molar-refractivity contribution in [3.8, 4) is 17.0 Å². The maximum Gasteiger partial charge on any atom is 0.263 e. The van der Waals surface area contributed by atoms with Crippen LogP contribution >= 0.6 is 0 Å². The zero-order valence-electron chi connectivity index (χ0n) is 16.1. The SMILES string of the molecule is CCCCN(C)C(=O)[C@H](C)Oc1ccc(-c2cnc3ccccc3n2)cc1. The molecule has 1 amide bonds. The highest BCUT2D eigenvalue weighted by molar-refractivity contribution is 5.80. The number of fused-ring (bicyclic) bond motifs is 1. The van der Waals surface area contributed by atoms with Gasteiger partial charge in [0.1, 0.15) is 5.75 Å². The van der Waals surface area contributed by atoms with Gasteiger partial charge in [-0.3, -0.25) is 9.78 Å². The molecule has 2 aromatic carbocycles. The fourth-order valence-corrected chi connectivity index (χ4v) is 2.87. The number of carbonyl (C=O) groups is 1. The van der Waals surface area contributed by atoms with E-state index in [1.54, 1.807) is 18.0 Å². The standard InChI is InChI=1S/C22H25N3O2/c1-4-5-14-25(3)22(26)16(2)27-18-12-10-17(11-13-18)21-15-23-19-8-6-7-9-20(19)24-21/h6-13,15-16H,4-5,14H2,1-3H3/t16-/m0/s1. The van der Waals surface area contributed by atoms with E-state index < -0.39 is 6.10 Å². The van der Waals surface area contributed by atoms with Crippen LogP contribution in [0.5, 0.6) is 5.75 Å². The average Bonchev–Trinajstić information content (AvgIpc) is 2.71. The van der Waals surface area contributed by atoms with Gasteiger partial charge in [-0.2, -0.15) is 0 Å². The molecule has 3 aromatic rings. The smallest absolute Gasteiger partial charge is 0.263 e. The summed E-state index contributed by atoms with van der Waals surface area (Å²) in [7, 11) is 1.82. The summed E-state index contributed by atoms with van der Waals surface area (Å²) in [6, 6.07) is 15.4. The Morgan fingerprint density at radius 1 is 1.11 bits per heavy atom. The first-order valence-electron chi connectivity index (χ1n) is 9.32. The molecule has 140 valence electrons. The first-order valence-corrected chi connectivity index (χ1v) is 9.32. The lowest BCUT2D eigenvalue weighted by atomic mass is 10.1. The second-order valence-corrected chi connectivity index (χ2v) is 6.64. The van der Waals surface area contributed by atoms with Crippen LogP contribution in [0.15, 0.2) is 54.7 Å². The summed E-state index contributed by atoms with van der Waals surface area (Å²) in [6.45, 7) is 4.65. The van der Waals surface area contributed by atoms with Crippen LogP contribution in [0.2, 0.25) is 0 Å². The fraction of sp³-hybridized carbons (Fsp3) is 0.318. The Bertz CT molecular complexity index is 909. The number of hydrogen-bond acceptors (Lipinski definition) is 4. The summed E-state index contributed by atoms with van der Waals surface area (Å²) in [6.07, 6.45) is 3.31. The molecule has 0 aliphatic heterocycles. The molecule has 0 unspecified atom stereocenters. The zero-order chi connectivity index (χ0) is 19.2.